The van der Waals surface area contributed by atoms with Gasteiger partial charge in [0, 0.05) is 5.71 Å². The van der Waals surface area contributed by atoms with Crippen LogP contribution in [0, 0.1) is 5.92 Å². The van der Waals surface area contributed by atoms with E-state index in [1.165, 1.54) is 6.42 Å². The lowest BCUT2D eigenvalue weighted by atomic mass is 9.89. The molecular formula is C15H19ClN2O2. The fraction of sp³-hybridized carbons (Fsp3) is 0.467. The van der Waals surface area contributed by atoms with Crippen LogP contribution in [0.25, 0.3) is 0 Å². The molecule has 1 N–H and O–H groups in total. The number of hydrogen-bond donors (Lipinski definition) is 1. The van der Waals surface area contributed by atoms with Crippen molar-refractivity contribution in [3.8, 4) is 5.75 Å². The topological polar surface area (TPSA) is 50.7 Å². The number of benzene rings is 1. The van der Waals surface area contributed by atoms with Crippen LogP contribution in [0.15, 0.2) is 29.4 Å². The highest BCUT2D eigenvalue weighted by Crippen LogP contribution is 2.23. The van der Waals surface area contributed by atoms with Gasteiger partial charge in [-0.05, 0) is 37.3 Å². The van der Waals surface area contributed by atoms with E-state index in [9.17, 15) is 4.79 Å². The van der Waals surface area contributed by atoms with Crippen LogP contribution in [0.1, 0.15) is 32.6 Å². The van der Waals surface area contributed by atoms with Crippen LogP contribution in [-0.2, 0) is 4.79 Å². The van der Waals surface area contributed by atoms with Crippen molar-refractivity contribution in [2.75, 3.05) is 6.61 Å². The Hall–Kier alpha value is -1.55. The molecule has 108 valence electrons. The van der Waals surface area contributed by atoms with Crippen molar-refractivity contribution in [2.45, 2.75) is 32.6 Å². The van der Waals surface area contributed by atoms with E-state index in [1.807, 2.05) is 12.1 Å². The number of ether oxygens (including phenoxy) is 1. The van der Waals surface area contributed by atoms with Gasteiger partial charge >= 0.3 is 0 Å². The Balaban J connectivity index is 1.81. The molecule has 1 fully saturated rings. The average molecular weight is 295 g/mol. The Morgan fingerprint density at radius 1 is 1.45 bits per heavy atom. The summed E-state index contributed by atoms with van der Waals surface area (Å²) in [7, 11) is 0. The molecule has 0 unspecified atom stereocenters. The number of hydrogen-bond acceptors (Lipinski definition) is 3. The standard InChI is InChI=1S/C15H19ClN2O2/c1-11-6-2-4-8-13(11)17-18-15(19)10-20-14-9-5-3-7-12(14)16/h3,5,7,9,11H,2,4,6,8,10H2,1H3,(H,18,19)/b17-13-/t11-/m1/s1. The minimum Gasteiger partial charge on any atom is -0.482 e. The number of para-hydroxylation sites is 1. The van der Waals surface area contributed by atoms with Gasteiger partial charge in [-0.3, -0.25) is 4.79 Å². The lowest BCUT2D eigenvalue weighted by Gasteiger charge is -2.19. The predicted molar refractivity (Wildman–Crippen MR) is 80.2 cm³/mol. The fourth-order valence-corrected chi connectivity index (χ4v) is 2.40. The van der Waals surface area contributed by atoms with E-state index in [1.54, 1.807) is 12.1 Å². The van der Waals surface area contributed by atoms with Crippen LogP contribution >= 0.6 is 11.6 Å². The molecular weight excluding hydrogens is 276 g/mol. The van der Waals surface area contributed by atoms with Crippen LogP contribution in [0.3, 0.4) is 0 Å². The van der Waals surface area contributed by atoms with E-state index in [4.69, 9.17) is 16.3 Å². The molecule has 1 aromatic rings. The largest absolute Gasteiger partial charge is 0.482 e. The first-order chi connectivity index (χ1) is 9.66. The maximum Gasteiger partial charge on any atom is 0.277 e. The molecule has 5 heteroatoms. The highest BCUT2D eigenvalue weighted by molar-refractivity contribution is 6.32. The quantitative estimate of drug-likeness (QED) is 0.865. The van der Waals surface area contributed by atoms with E-state index in [2.05, 4.69) is 17.5 Å². The van der Waals surface area contributed by atoms with E-state index < -0.39 is 0 Å². The second-order valence-electron chi connectivity index (χ2n) is 5.00. The van der Waals surface area contributed by atoms with Gasteiger partial charge in [0.15, 0.2) is 6.61 Å². The number of rotatable bonds is 4. The van der Waals surface area contributed by atoms with Gasteiger partial charge in [-0.1, -0.05) is 37.1 Å². The number of halogens is 1. The monoisotopic (exact) mass is 294 g/mol. The van der Waals surface area contributed by atoms with Crippen molar-refractivity contribution in [3.63, 3.8) is 0 Å². The van der Waals surface area contributed by atoms with Crippen molar-refractivity contribution >= 4 is 23.2 Å². The third kappa shape index (κ3) is 4.23. The number of amides is 1. The van der Waals surface area contributed by atoms with E-state index in [-0.39, 0.29) is 12.5 Å². The highest BCUT2D eigenvalue weighted by Gasteiger charge is 2.16. The van der Waals surface area contributed by atoms with Crippen molar-refractivity contribution < 1.29 is 9.53 Å². The third-order valence-electron chi connectivity index (χ3n) is 3.41. The molecule has 1 aliphatic rings. The molecule has 1 atom stereocenters. The molecule has 0 saturated heterocycles. The van der Waals surface area contributed by atoms with Gasteiger partial charge in [-0.2, -0.15) is 5.10 Å². The average Bonchev–Trinajstić information content (AvgIpc) is 2.45. The molecule has 0 heterocycles. The van der Waals surface area contributed by atoms with Gasteiger partial charge in [-0.25, -0.2) is 5.43 Å². The molecule has 4 nitrogen and oxygen atoms in total. The van der Waals surface area contributed by atoms with Crippen molar-refractivity contribution in [2.24, 2.45) is 11.0 Å². The van der Waals surface area contributed by atoms with Crippen LogP contribution < -0.4 is 10.2 Å². The molecule has 1 aromatic carbocycles. The molecule has 1 saturated carbocycles. The molecule has 0 aliphatic heterocycles. The van der Waals surface area contributed by atoms with Crippen LogP contribution in [-0.4, -0.2) is 18.2 Å². The summed E-state index contributed by atoms with van der Waals surface area (Å²) in [5.41, 5.74) is 3.63. The zero-order valence-electron chi connectivity index (χ0n) is 11.6. The molecule has 0 radical (unpaired) electrons. The Morgan fingerprint density at radius 2 is 2.25 bits per heavy atom. The van der Waals surface area contributed by atoms with Crippen molar-refractivity contribution in [1.82, 2.24) is 5.43 Å². The number of nitrogens with one attached hydrogen (secondary N) is 1. The molecule has 1 aliphatic carbocycles. The van der Waals surface area contributed by atoms with Gasteiger partial charge in [0.05, 0.1) is 5.02 Å². The molecule has 0 aromatic heterocycles. The maximum atomic E-state index is 11.7. The molecule has 2 rings (SSSR count). The molecule has 20 heavy (non-hydrogen) atoms. The zero-order valence-corrected chi connectivity index (χ0v) is 12.3. The normalized spacial score (nSPS) is 20.7. The second-order valence-corrected chi connectivity index (χ2v) is 5.41. The Morgan fingerprint density at radius 3 is 3.00 bits per heavy atom. The van der Waals surface area contributed by atoms with Crippen molar-refractivity contribution in [3.05, 3.63) is 29.3 Å². The Bertz CT molecular complexity index is 502. The van der Waals surface area contributed by atoms with E-state index in [0.717, 1.165) is 25.0 Å². The van der Waals surface area contributed by atoms with Gasteiger partial charge in [-0.15, -0.1) is 0 Å². The minimum absolute atomic E-state index is 0.0884. The molecule has 1 amide bonds. The van der Waals surface area contributed by atoms with Gasteiger partial charge in [0.2, 0.25) is 0 Å². The first-order valence-electron chi connectivity index (χ1n) is 6.89. The zero-order chi connectivity index (χ0) is 14.4. The van der Waals surface area contributed by atoms with Crippen LogP contribution in [0.2, 0.25) is 5.02 Å². The lowest BCUT2D eigenvalue weighted by molar-refractivity contribution is -0.123. The van der Waals surface area contributed by atoms with Crippen LogP contribution in [0.5, 0.6) is 5.75 Å². The van der Waals surface area contributed by atoms with Crippen molar-refractivity contribution in [1.29, 1.82) is 0 Å². The Labute approximate surface area is 124 Å². The highest BCUT2D eigenvalue weighted by atomic mass is 35.5. The second kappa shape index (κ2) is 7.29. The number of hydrazone groups is 1. The van der Waals surface area contributed by atoms with Gasteiger partial charge in [0.25, 0.3) is 5.91 Å². The Kier molecular flexibility index (Phi) is 5.41. The minimum atomic E-state index is -0.268. The summed E-state index contributed by atoms with van der Waals surface area (Å²) in [6, 6.07) is 7.07. The first-order valence-corrected chi connectivity index (χ1v) is 7.27. The summed E-state index contributed by atoms with van der Waals surface area (Å²) in [5.74, 6) is 0.687. The predicted octanol–water partition coefficient (Wildman–Crippen LogP) is 3.40. The summed E-state index contributed by atoms with van der Waals surface area (Å²) < 4.78 is 5.35. The molecule has 0 spiro atoms. The summed E-state index contributed by atoms with van der Waals surface area (Å²) >= 11 is 5.94. The van der Waals surface area contributed by atoms with Crippen LogP contribution in [0.4, 0.5) is 0 Å². The summed E-state index contributed by atoms with van der Waals surface area (Å²) in [6.45, 7) is 2.05. The number of carbonyl (C=O) groups is 1. The number of nitrogens with zero attached hydrogens (tertiary/aromatic N) is 1. The van der Waals surface area contributed by atoms with Gasteiger partial charge in [0.1, 0.15) is 5.75 Å². The molecule has 0 bridgehead atoms. The van der Waals surface area contributed by atoms with E-state index >= 15 is 0 Å². The smallest absolute Gasteiger partial charge is 0.277 e. The summed E-state index contributed by atoms with van der Waals surface area (Å²) in [4.78, 5) is 11.7. The van der Waals surface area contributed by atoms with Gasteiger partial charge < -0.3 is 4.74 Å². The summed E-state index contributed by atoms with van der Waals surface area (Å²) in [5, 5.41) is 4.70. The fourth-order valence-electron chi connectivity index (χ4n) is 2.21. The van der Waals surface area contributed by atoms with E-state index in [0.29, 0.717) is 16.7 Å². The third-order valence-corrected chi connectivity index (χ3v) is 3.72. The maximum absolute atomic E-state index is 11.7. The number of carbonyl (C=O) groups excluding carboxylic acids is 1. The first kappa shape index (κ1) is 14.9. The SMILES string of the molecule is C[C@@H]1CCCC/C1=N/NC(=O)COc1ccccc1Cl. The summed E-state index contributed by atoms with van der Waals surface area (Å²) in [6.07, 6.45) is 4.50. The lowest BCUT2D eigenvalue weighted by Crippen LogP contribution is -2.28.